The Bertz CT molecular complexity index is 955. The fourth-order valence-electron chi connectivity index (χ4n) is 3.30. The van der Waals surface area contributed by atoms with E-state index in [0.29, 0.717) is 25.1 Å². The maximum atomic E-state index is 14.5. The van der Waals surface area contributed by atoms with E-state index >= 15 is 0 Å². The molecule has 2 aromatic carbocycles. The van der Waals surface area contributed by atoms with Gasteiger partial charge >= 0.3 is 0 Å². The van der Waals surface area contributed by atoms with Gasteiger partial charge in [-0.3, -0.25) is 4.79 Å². The number of rotatable bonds is 7. The SMILES string of the molecule is CN(C)Cc1ccc(OC2CCN2N2N=C(c3ccccc3)OC2C=O)c(F)c1F. The summed E-state index contributed by atoms with van der Waals surface area (Å²) >= 11 is 0. The molecule has 0 radical (unpaired) electrons. The number of halogens is 2. The minimum atomic E-state index is -1.03. The van der Waals surface area contributed by atoms with E-state index in [1.807, 2.05) is 30.3 Å². The second-order valence-corrected chi connectivity index (χ2v) is 7.35. The predicted molar refractivity (Wildman–Crippen MR) is 105 cm³/mol. The Labute approximate surface area is 173 Å². The Hall–Kier alpha value is -3.04. The number of hydrogen-bond donors (Lipinski definition) is 0. The normalized spacial score (nSPS) is 21.2. The number of hydrazone groups is 1. The molecule has 1 fully saturated rings. The van der Waals surface area contributed by atoms with Crippen molar-refractivity contribution in [2.24, 2.45) is 5.10 Å². The van der Waals surface area contributed by atoms with E-state index in [-0.39, 0.29) is 17.9 Å². The van der Waals surface area contributed by atoms with Gasteiger partial charge in [0, 0.05) is 30.6 Å². The highest BCUT2D eigenvalue weighted by Gasteiger charge is 2.42. The van der Waals surface area contributed by atoms with Gasteiger partial charge in [0.05, 0.1) is 0 Å². The molecule has 1 saturated heterocycles. The number of carbonyl (C=O) groups is 1. The van der Waals surface area contributed by atoms with Crippen molar-refractivity contribution in [3.63, 3.8) is 0 Å². The average Bonchev–Trinajstić information content (AvgIpc) is 3.14. The van der Waals surface area contributed by atoms with Crippen molar-refractivity contribution in [2.75, 3.05) is 20.6 Å². The number of aldehydes is 1. The minimum absolute atomic E-state index is 0.181. The van der Waals surface area contributed by atoms with Crippen LogP contribution in [0.1, 0.15) is 17.5 Å². The van der Waals surface area contributed by atoms with E-state index in [1.54, 1.807) is 24.0 Å². The number of nitrogens with zero attached hydrogens (tertiary/aromatic N) is 4. The zero-order valence-electron chi connectivity index (χ0n) is 16.7. The summed E-state index contributed by atoms with van der Waals surface area (Å²) in [5, 5.41) is 7.42. The van der Waals surface area contributed by atoms with Crippen molar-refractivity contribution >= 4 is 12.2 Å². The number of benzene rings is 2. The van der Waals surface area contributed by atoms with E-state index in [1.165, 1.54) is 17.3 Å². The lowest BCUT2D eigenvalue weighted by Crippen LogP contribution is -2.60. The van der Waals surface area contributed by atoms with Gasteiger partial charge in [-0.2, -0.15) is 14.5 Å². The van der Waals surface area contributed by atoms with Crippen molar-refractivity contribution < 1.29 is 23.0 Å². The summed E-state index contributed by atoms with van der Waals surface area (Å²) in [5.41, 5.74) is 0.982. The van der Waals surface area contributed by atoms with Gasteiger partial charge in [0.1, 0.15) is 0 Å². The topological polar surface area (TPSA) is 57.6 Å². The van der Waals surface area contributed by atoms with Crippen LogP contribution in [0.4, 0.5) is 8.78 Å². The zero-order chi connectivity index (χ0) is 21.3. The number of ether oxygens (including phenoxy) is 2. The van der Waals surface area contributed by atoms with Gasteiger partial charge in [-0.25, -0.2) is 4.39 Å². The molecule has 2 aliphatic rings. The van der Waals surface area contributed by atoms with Gasteiger partial charge in [-0.1, -0.05) is 24.3 Å². The molecule has 2 atom stereocenters. The van der Waals surface area contributed by atoms with Crippen molar-refractivity contribution in [3.05, 3.63) is 65.2 Å². The average molecular weight is 416 g/mol. The molecule has 158 valence electrons. The molecule has 0 bridgehead atoms. The first-order valence-corrected chi connectivity index (χ1v) is 9.58. The van der Waals surface area contributed by atoms with Crippen molar-refractivity contribution in [2.45, 2.75) is 25.4 Å². The maximum Gasteiger partial charge on any atom is 0.260 e. The summed E-state index contributed by atoms with van der Waals surface area (Å²) in [5.74, 6) is -1.82. The molecule has 7 nitrogen and oxygen atoms in total. The second kappa shape index (κ2) is 8.37. The number of hydrazine groups is 1. The minimum Gasteiger partial charge on any atom is -0.470 e. The van der Waals surface area contributed by atoms with Gasteiger partial charge in [0.15, 0.2) is 24.1 Å². The summed E-state index contributed by atoms with van der Waals surface area (Å²) in [6, 6.07) is 12.1. The largest absolute Gasteiger partial charge is 0.470 e. The lowest BCUT2D eigenvalue weighted by atomic mass is 10.1. The van der Waals surface area contributed by atoms with Crippen molar-refractivity contribution in [3.8, 4) is 5.75 Å². The van der Waals surface area contributed by atoms with Crippen LogP contribution in [0.2, 0.25) is 0 Å². The molecular weight excluding hydrogens is 394 g/mol. The smallest absolute Gasteiger partial charge is 0.260 e. The third-order valence-corrected chi connectivity index (χ3v) is 4.87. The summed E-state index contributed by atoms with van der Waals surface area (Å²) in [6.45, 7) is 0.814. The van der Waals surface area contributed by atoms with Crippen LogP contribution in [0.15, 0.2) is 47.6 Å². The maximum absolute atomic E-state index is 14.5. The summed E-state index contributed by atoms with van der Waals surface area (Å²) in [7, 11) is 3.56. The van der Waals surface area contributed by atoms with Crippen LogP contribution in [0.3, 0.4) is 0 Å². The van der Waals surface area contributed by atoms with Gasteiger partial charge < -0.3 is 14.4 Å². The molecule has 0 aromatic heterocycles. The molecule has 0 amide bonds. The third kappa shape index (κ3) is 3.86. The van der Waals surface area contributed by atoms with E-state index in [0.717, 1.165) is 5.56 Å². The molecule has 0 N–H and O–H groups in total. The van der Waals surface area contributed by atoms with Crippen LogP contribution in [0.25, 0.3) is 0 Å². The molecule has 2 aliphatic heterocycles. The number of hydrogen-bond acceptors (Lipinski definition) is 7. The lowest BCUT2D eigenvalue weighted by molar-refractivity contribution is -0.219. The fourth-order valence-corrected chi connectivity index (χ4v) is 3.30. The number of carbonyl (C=O) groups excluding carboxylic acids is 1. The highest BCUT2D eigenvalue weighted by atomic mass is 19.2. The predicted octanol–water partition coefficient (Wildman–Crippen LogP) is 2.57. The first-order valence-electron chi connectivity index (χ1n) is 9.58. The van der Waals surface area contributed by atoms with E-state index in [2.05, 4.69) is 5.10 Å². The molecular formula is C21H22F2N4O3. The zero-order valence-corrected chi connectivity index (χ0v) is 16.7. The highest BCUT2D eigenvalue weighted by Crippen LogP contribution is 2.31. The van der Waals surface area contributed by atoms with Gasteiger partial charge in [0.25, 0.3) is 6.23 Å². The van der Waals surface area contributed by atoms with E-state index < -0.39 is 24.1 Å². The second-order valence-electron chi connectivity index (χ2n) is 7.35. The first-order chi connectivity index (χ1) is 14.5. The Morgan fingerprint density at radius 1 is 1.20 bits per heavy atom. The Morgan fingerprint density at radius 2 is 1.97 bits per heavy atom. The third-order valence-electron chi connectivity index (χ3n) is 4.87. The molecule has 2 heterocycles. The summed E-state index contributed by atoms with van der Waals surface area (Å²) in [6.07, 6.45) is -0.344. The quantitative estimate of drug-likeness (QED) is 0.647. The van der Waals surface area contributed by atoms with Gasteiger partial charge in [0.2, 0.25) is 11.7 Å². The van der Waals surface area contributed by atoms with Crippen molar-refractivity contribution in [1.82, 2.24) is 15.0 Å². The molecule has 0 aliphatic carbocycles. The molecule has 9 heteroatoms. The monoisotopic (exact) mass is 416 g/mol. The molecule has 4 rings (SSSR count). The molecule has 2 aromatic rings. The van der Waals surface area contributed by atoms with Crippen LogP contribution in [-0.4, -0.2) is 60.3 Å². The van der Waals surface area contributed by atoms with Crippen LogP contribution in [0.5, 0.6) is 5.75 Å². The van der Waals surface area contributed by atoms with Crippen LogP contribution >= 0.6 is 0 Å². The Balaban J connectivity index is 1.50. The van der Waals surface area contributed by atoms with Crippen LogP contribution in [0, 0.1) is 11.6 Å². The fraction of sp³-hybridized carbons (Fsp3) is 0.333. The van der Waals surface area contributed by atoms with E-state index in [9.17, 15) is 13.6 Å². The lowest BCUT2D eigenvalue weighted by Gasteiger charge is -2.44. The van der Waals surface area contributed by atoms with Gasteiger partial charge in [-0.05, 0) is 32.3 Å². The molecule has 2 unspecified atom stereocenters. The molecule has 30 heavy (non-hydrogen) atoms. The van der Waals surface area contributed by atoms with E-state index in [4.69, 9.17) is 9.47 Å². The standard InChI is InChI=1S/C21H22F2N4O3/c1-25(2)12-15-8-9-16(20(23)19(15)22)29-17-10-11-26(17)27-18(13-28)30-21(24-27)14-6-4-3-5-7-14/h3-9,13,17-18H,10-12H2,1-2H3. The molecule has 0 saturated carbocycles. The van der Waals surface area contributed by atoms with Gasteiger partial charge in [-0.15, -0.1) is 5.10 Å². The Kier molecular flexibility index (Phi) is 5.65. The van der Waals surface area contributed by atoms with Crippen LogP contribution in [-0.2, 0) is 16.1 Å². The van der Waals surface area contributed by atoms with Crippen LogP contribution < -0.4 is 4.74 Å². The first kappa shape index (κ1) is 20.2. The molecule has 0 spiro atoms. The Morgan fingerprint density at radius 3 is 2.60 bits per heavy atom. The summed E-state index contributed by atoms with van der Waals surface area (Å²) in [4.78, 5) is 13.3. The highest BCUT2D eigenvalue weighted by molar-refractivity contribution is 5.95. The summed E-state index contributed by atoms with van der Waals surface area (Å²) < 4.78 is 40.2. The van der Waals surface area contributed by atoms with Crippen molar-refractivity contribution in [1.29, 1.82) is 0 Å².